The van der Waals surface area contributed by atoms with Crippen molar-refractivity contribution in [1.29, 1.82) is 0 Å². The van der Waals surface area contributed by atoms with E-state index in [9.17, 15) is 4.79 Å². The number of carboxylic acids is 1. The Bertz CT molecular complexity index is 326. The van der Waals surface area contributed by atoms with Crippen molar-refractivity contribution in [3.63, 3.8) is 0 Å². The lowest BCUT2D eigenvalue weighted by molar-refractivity contribution is -0.141. The minimum atomic E-state index is -0.681. The molecule has 20 heavy (non-hydrogen) atoms. The Morgan fingerprint density at radius 3 is 2.25 bits per heavy atom. The van der Waals surface area contributed by atoms with E-state index in [1.54, 1.807) is 6.92 Å². The van der Waals surface area contributed by atoms with E-state index >= 15 is 0 Å². The van der Waals surface area contributed by atoms with Crippen LogP contribution in [0, 0.1) is 5.92 Å². The van der Waals surface area contributed by atoms with Crippen molar-refractivity contribution in [2.45, 2.75) is 79.1 Å². The number of aliphatic carboxylic acids is 1. The zero-order valence-electron chi connectivity index (χ0n) is 13.7. The predicted octanol–water partition coefficient (Wildman–Crippen LogP) is 5.74. The molecule has 1 unspecified atom stereocenters. The monoisotopic (exact) mass is 280 g/mol. The second-order valence-corrected chi connectivity index (χ2v) is 5.91. The molecule has 0 radical (unpaired) electrons. The van der Waals surface area contributed by atoms with Gasteiger partial charge in [0.2, 0.25) is 0 Å². The summed E-state index contributed by atoms with van der Waals surface area (Å²) in [7, 11) is 0. The lowest BCUT2D eigenvalue weighted by atomic mass is 10.0. The first-order valence-corrected chi connectivity index (χ1v) is 8.01. The molecule has 1 atom stereocenters. The first-order valence-electron chi connectivity index (χ1n) is 8.01. The van der Waals surface area contributed by atoms with Gasteiger partial charge in [-0.05, 0) is 52.4 Å². The van der Waals surface area contributed by atoms with E-state index < -0.39 is 5.97 Å². The normalized spacial score (nSPS) is 14.4. The number of hydrogen-bond acceptors (Lipinski definition) is 1. The topological polar surface area (TPSA) is 37.3 Å². The highest BCUT2D eigenvalue weighted by Crippen LogP contribution is 2.15. The standard InChI is InChI=1S/C18H32O2/c1-5-6-7-10-15(2)11-8-12-16(3)13-9-14-17(4)18(19)20/h10,12,17H,5-9,11,13-14H2,1-4H3,(H,19,20)/b15-10+,16-12+. The zero-order chi connectivity index (χ0) is 15.4. The maximum atomic E-state index is 10.7. The molecule has 0 aromatic heterocycles. The molecule has 0 saturated heterocycles. The summed E-state index contributed by atoms with van der Waals surface area (Å²) < 4.78 is 0. The van der Waals surface area contributed by atoms with Crippen LogP contribution >= 0.6 is 0 Å². The van der Waals surface area contributed by atoms with Crippen molar-refractivity contribution >= 4 is 5.97 Å². The number of allylic oxidation sites excluding steroid dienone is 4. The predicted molar refractivity (Wildman–Crippen MR) is 86.9 cm³/mol. The SMILES string of the molecule is CCCC/C=C(\C)CC/C=C(\C)CCCC(C)C(=O)O. The van der Waals surface area contributed by atoms with Crippen molar-refractivity contribution in [2.75, 3.05) is 0 Å². The minimum Gasteiger partial charge on any atom is -0.481 e. The van der Waals surface area contributed by atoms with Crippen LogP contribution in [0.15, 0.2) is 23.3 Å². The van der Waals surface area contributed by atoms with Crippen LogP contribution in [0.2, 0.25) is 0 Å². The van der Waals surface area contributed by atoms with Gasteiger partial charge >= 0.3 is 5.97 Å². The molecule has 0 aliphatic rings. The van der Waals surface area contributed by atoms with Gasteiger partial charge in [0, 0.05) is 0 Å². The van der Waals surface area contributed by atoms with E-state index in [4.69, 9.17) is 5.11 Å². The molecule has 2 nitrogen and oxygen atoms in total. The maximum absolute atomic E-state index is 10.7. The molecular weight excluding hydrogens is 248 g/mol. The molecule has 2 heteroatoms. The largest absolute Gasteiger partial charge is 0.481 e. The zero-order valence-corrected chi connectivity index (χ0v) is 13.7. The second-order valence-electron chi connectivity index (χ2n) is 5.91. The first kappa shape index (κ1) is 18.9. The molecule has 0 aromatic carbocycles. The number of carboxylic acid groups (broad SMARTS) is 1. The Morgan fingerprint density at radius 1 is 1.05 bits per heavy atom. The molecule has 0 rings (SSSR count). The summed E-state index contributed by atoms with van der Waals surface area (Å²) in [6.07, 6.45) is 13.4. The van der Waals surface area contributed by atoms with Gasteiger partial charge in [0.1, 0.15) is 0 Å². The van der Waals surface area contributed by atoms with Gasteiger partial charge in [-0.25, -0.2) is 0 Å². The van der Waals surface area contributed by atoms with Crippen LogP contribution < -0.4 is 0 Å². The average Bonchev–Trinajstić information content (AvgIpc) is 2.38. The van der Waals surface area contributed by atoms with E-state index in [1.807, 2.05) is 0 Å². The summed E-state index contributed by atoms with van der Waals surface area (Å²) in [4.78, 5) is 10.7. The van der Waals surface area contributed by atoms with Crippen molar-refractivity contribution in [2.24, 2.45) is 5.92 Å². The van der Waals surface area contributed by atoms with Gasteiger partial charge in [-0.15, -0.1) is 0 Å². The van der Waals surface area contributed by atoms with Crippen LogP contribution in [0.5, 0.6) is 0 Å². The summed E-state index contributed by atoms with van der Waals surface area (Å²) in [5, 5.41) is 8.82. The molecule has 1 N–H and O–H groups in total. The van der Waals surface area contributed by atoms with E-state index in [0.29, 0.717) is 0 Å². The summed E-state index contributed by atoms with van der Waals surface area (Å²) in [6, 6.07) is 0. The van der Waals surface area contributed by atoms with Crippen LogP contribution in [-0.4, -0.2) is 11.1 Å². The number of unbranched alkanes of at least 4 members (excludes halogenated alkanes) is 2. The van der Waals surface area contributed by atoms with Crippen LogP contribution in [0.25, 0.3) is 0 Å². The highest BCUT2D eigenvalue weighted by molar-refractivity contribution is 5.69. The first-order chi connectivity index (χ1) is 9.47. The molecule has 0 spiro atoms. The van der Waals surface area contributed by atoms with E-state index in [0.717, 1.165) is 32.1 Å². The van der Waals surface area contributed by atoms with Crippen molar-refractivity contribution in [3.05, 3.63) is 23.3 Å². The van der Waals surface area contributed by atoms with Gasteiger partial charge in [0.05, 0.1) is 5.92 Å². The van der Waals surface area contributed by atoms with Gasteiger partial charge in [-0.1, -0.05) is 50.0 Å². The molecule has 0 amide bonds. The summed E-state index contributed by atoms with van der Waals surface area (Å²) in [5.74, 6) is -0.897. The summed E-state index contributed by atoms with van der Waals surface area (Å²) in [5.41, 5.74) is 2.88. The Balaban J connectivity index is 3.80. The molecule has 0 bridgehead atoms. The molecule has 0 heterocycles. The Labute approximate surface area is 125 Å². The second kappa shape index (κ2) is 11.7. The van der Waals surface area contributed by atoms with Gasteiger partial charge in [-0.2, -0.15) is 0 Å². The molecule has 0 aliphatic heterocycles. The highest BCUT2D eigenvalue weighted by atomic mass is 16.4. The molecule has 0 fully saturated rings. The third-order valence-electron chi connectivity index (χ3n) is 3.71. The van der Waals surface area contributed by atoms with Crippen LogP contribution in [0.1, 0.15) is 79.1 Å². The van der Waals surface area contributed by atoms with E-state index in [-0.39, 0.29) is 5.92 Å². The summed E-state index contributed by atoms with van der Waals surface area (Å²) in [6.45, 7) is 8.38. The van der Waals surface area contributed by atoms with Crippen LogP contribution in [0.4, 0.5) is 0 Å². The van der Waals surface area contributed by atoms with Gasteiger partial charge in [0.25, 0.3) is 0 Å². The lowest BCUT2D eigenvalue weighted by Gasteiger charge is -2.06. The molecule has 116 valence electrons. The molecule has 0 aliphatic carbocycles. The molecular formula is C18H32O2. The van der Waals surface area contributed by atoms with Gasteiger partial charge in [0.15, 0.2) is 0 Å². The van der Waals surface area contributed by atoms with Crippen LogP contribution in [0.3, 0.4) is 0 Å². The number of carbonyl (C=O) groups is 1. The van der Waals surface area contributed by atoms with E-state index in [1.165, 1.54) is 30.4 Å². The quantitative estimate of drug-likeness (QED) is 0.387. The Hall–Kier alpha value is -1.05. The highest BCUT2D eigenvalue weighted by Gasteiger charge is 2.09. The third kappa shape index (κ3) is 10.8. The van der Waals surface area contributed by atoms with Crippen molar-refractivity contribution < 1.29 is 9.90 Å². The van der Waals surface area contributed by atoms with Crippen molar-refractivity contribution in [3.8, 4) is 0 Å². The third-order valence-corrected chi connectivity index (χ3v) is 3.71. The minimum absolute atomic E-state index is 0.216. The fourth-order valence-corrected chi connectivity index (χ4v) is 2.11. The van der Waals surface area contributed by atoms with Gasteiger partial charge in [-0.3, -0.25) is 4.79 Å². The smallest absolute Gasteiger partial charge is 0.306 e. The Kier molecular flexibility index (Phi) is 11.1. The fourth-order valence-electron chi connectivity index (χ4n) is 2.11. The molecule has 0 aromatic rings. The summed E-state index contributed by atoms with van der Waals surface area (Å²) >= 11 is 0. The number of hydrogen-bond donors (Lipinski definition) is 1. The van der Waals surface area contributed by atoms with E-state index in [2.05, 4.69) is 32.9 Å². The lowest BCUT2D eigenvalue weighted by Crippen LogP contribution is -2.08. The maximum Gasteiger partial charge on any atom is 0.306 e. The van der Waals surface area contributed by atoms with Gasteiger partial charge < -0.3 is 5.11 Å². The Morgan fingerprint density at radius 2 is 1.65 bits per heavy atom. The number of rotatable bonds is 11. The van der Waals surface area contributed by atoms with Crippen molar-refractivity contribution in [1.82, 2.24) is 0 Å². The molecule has 0 saturated carbocycles. The van der Waals surface area contributed by atoms with Crippen LogP contribution in [-0.2, 0) is 4.79 Å². The average molecular weight is 280 g/mol. The fraction of sp³-hybridized carbons (Fsp3) is 0.722.